The third kappa shape index (κ3) is 4.29. The Morgan fingerprint density at radius 2 is 1.90 bits per heavy atom. The van der Waals surface area contributed by atoms with Crippen molar-refractivity contribution in [3.63, 3.8) is 0 Å². The van der Waals surface area contributed by atoms with E-state index in [2.05, 4.69) is 15.2 Å². The molecule has 1 N–H and O–H groups in total. The van der Waals surface area contributed by atoms with Crippen molar-refractivity contribution in [2.75, 3.05) is 29.9 Å². The highest BCUT2D eigenvalue weighted by molar-refractivity contribution is 5.93. The van der Waals surface area contributed by atoms with Crippen LogP contribution in [-0.2, 0) is 4.79 Å². The minimum atomic E-state index is -0.329. The number of fused-ring (bicyclic) bond motifs is 1. The third-order valence-corrected chi connectivity index (χ3v) is 5.01. The summed E-state index contributed by atoms with van der Waals surface area (Å²) in [5, 5.41) is 2.88. The largest absolute Gasteiger partial charge is 0.475 e. The smallest absolute Gasteiger partial charge is 0.258 e. The van der Waals surface area contributed by atoms with Gasteiger partial charge in [0.05, 0.1) is 23.6 Å². The second kappa shape index (κ2) is 8.43. The molecule has 7 heteroatoms. The van der Waals surface area contributed by atoms with Crippen molar-refractivity contribution in [2.45, 2.75) is 19.8 Å². The van der Waals surface area contributed by atoms with Crippen LogP contribution in [0.15, 0.2) is 48.5 Å². The number of halogens is 1. The molecule has 3 aromatic rings. The summed E-state index contributed by atoms with van der Waals surface area (Å²) in [6, 6.07) is 13.5. The molecule has 4 rings (SSSR count). The number of amides is 1. The number of benzene rings is 2. The number of rotatable bonds is 5. The fourth-order valence-electron chi connectivity index (χ4n) is 3.58. The van der Waals surface area contributed by atoms with Crippen LogP contribution in [0.2, 0.25) is 0 Å². The van der Waals surface area contributed by atoms with E-state index in [0.29, 0.717) is 30.5 Å². The van der Waals surface area contributed by atoms with Gasteiger partial charge in [-0.05, 0) is 56.2 Å². The Kier molecular flexibility index (Phi) is 5.55. The van der Waals surface area contributed by atoms with Crippen molar-refractivity contribution in [1.29, 1.82) is 0 Å². The van der Waals surface area contributed by atoms with E-state index in [9.17, 15) is 9.18 Å². The summed E-state index contributed by atoms with van der Waals surface area (Å²) in [7, 11) is 0. The van der Waals surface area contributed by atoms with Gasteiger partial charge in [-0.1, -0.05) is 12.1 Å². The van der Waals surface area contributed by atoms with Crippen LogP contribution in [0.4, 0.5) is 15.9 Å². The number of hydrogen-bond donors (Lipinski definition) is 1. The number of anilines is 2. The number of hydrogen-bond acceptors (Lipinski definition) is 5. The van der Waals surface area contributed by atoms with Crippen molar-refractivity contribution in [2.24, 2.45) is 5.92 Å². The lowest BCUT2D eigenvalue weighted by molar-refractivity contribution is -0.120. The molecule has 29 heavy (non-hydrogen) atoms. The Labute approximate surface area is 168 Å². The molecule has 1 atom stereocenters. The van der Waals surface area contributed by atoms with E-state index in [0.717, 1.165) is 30.4 Å². The summed E-state index contributed by atoms with van der Waals surface area (Å²) >= 11 is 0. The van der Waals surface area contributed by atoms with Gasteiger partial charge in [0.2, 0.25) is 5.91 Å². The van der Waals surface area contributed by atoms with Gasteiger partial charge in [0.1, 0.15) is 5.82 Å². The van der Waals surface area contributed by atoms with E-state index in [1.54, 1.807) is 12.1 Å². The Morgan fingerprint density at radius 1 is 1.17 bits per heavy atom. The molecule has 0 bridgehead atoms. The summed E-state index contributed by atoms with van der Waals surface area (Å²) in [6.07, 6.45) is 1.65. The number of nitrogens with one attached hydrogen (secondary N) is 1. The van der Waals surface area contributed by atoms with E-state index in [4.69, 9.17) is 9.72 Å². The van der Waals surface area contributed by atoms with Gasteiger partial charge in [0.25, 0.3) is 5.88 Å². The molecular formula is C22H23FN4O2. The average Bonchev–Trinajstić information content (AvgIpc) is 2.75. The quantitative estimate of drug-likeness (QED) is 0.708. The Balaban J connectivity index is 1.55. The zero-order valence-electron chi connectivity index (χ0n) is 16.3. The van der Waals surface area contributed by atoms with Crippen molar-refractivity contribution >= 4 is 28.4 Å². The second-order valence-electron chi connectivity index (χ2n) is 7.06. The second-order valence-corrected chi connectivity index (χ2v) is 7.06. The topological polar surface area (TPSA) is 67.4 Å². The SMILES string of the molecule is CCOc1nc2ccccc2nc1N1CCC[C@@H](C(=O)Nc2ccc(F)cc2)C1. The lowest BCUT2D eigenvalue weighted by Crippen LogP contribution is -2.41. The molecule has 1 aliphatic heterocycles. The van der Waals surface area contributed by atoms with E-state index >= 15 is 0 Å². The number of carbonyl (C=O) groups is 1. The fraction of sp³-hybridized carbons (Fsp3) is 0.318. The lowest BCUT2D eigenvalue weighted by Gasteiger charge is -2.33. The Bertz CT molecular complexity index is 1010. The maximum atomic E-state index is 13.1. The molecule has 0 aliphatic carbocycles. The van der Waals surface area contributed by atoms with E-state index < -0.39 is 0 Å². The van der Waals surface area contributed by atoms with Crippen LogP contribution in [0.5, 0.6) is 5.88 Å². The highest BCUT2D eigenvalue weighted by atomic mass is 19.1. The van der Waals surface area contributed by atoms with E-state index in [1.165, 1.54) is 12.1 Å². The Morgan fingerprint density at radius 3 is 2.62 bits per heavy atom. The zero-order valence-corrected chi connectivity index (χ0v) is 16.3. The van der Waals surface area contributed by atoms with Crippen molar-refractivity contribution in [1.82, 2.24) is 9.97 Å². The molecule has 1 saturated heterocycles. The van der Waals surface area contributed by atoms with Gasteiger partial charge in [0, 0.05) is 18.8 Å². The monoisotopic (exact) mass is 394 g/mol. The molecule has 1 aliphatic rings. The van der Waals surface area contributed by atoms with Crippen LogP contribution in [0, 0.1) is 11.7 Å². The molecule has 0 spiro atoms. The maximum absolute atomic E-state index is 13.1. The van der Waals surface area contributed by atoms with Gasteiger partial charge in [-0.3, -0.25) is 4.79 Å². The number of ether oxygens (including phenoxy) is 1. The first-order valence-electron chi connectivity index (χ1n) is 9.85. The standard InChI is InChI=1S/C22H23FN4O2/c1-2-29-22-20(25-18-7-3-4-8-19(18)26-22)27-13-5-6-15(14-27)21(28)24-17-11-9-16(23)10-12-17/h3-4,7-12,15H,2,5-6,13-14H2,1H3,(H,24,28)/t15-/m1/s1. The first kappa shape index (κ1) is 19.1. The lowest BCUT2D eigenvalue weighted by atomic mass is 9.97. The minimum Gasteiger partial charge on any atom is -0.475 e. The third-order valence-electron chi connectivity index (χ3n) is 5.01. The molecule has 1 amide bonds. The fourth-order valence-corrected chi connectivity index (χ4v) is 3.58. The molecule has 1 fully saturated rings. The maximum Gasteiger partial charge on any atom is 0.258 e. The molecule has 6 nitrogen and oxygen atoms in total. The molecule has 2 heterocycles. The summed E-state index contributed by atoms with van der Waals surface area (Å²) in [5.41, 5.74) is 2.17. The first-order valence-corrected chi connectivity index (χ1v) is 9.85. The number of piperidine rings is 1. The van der Waals surface area contributed by atoms with Gasteiger partial charge in [0.15, 0.2) is 5.82 Å². The number of carbonyl (C=O) groups excluding carboxylic acids is 1. The van der Waals surface area contributed by atoms with Crippen LogP contribution in [-0.4, -0.2) is 35.6 Å². The summed E-state index contributed by atoms with van der Waals surface area (Å²) < 4.78 is 18.8. The Hall–Kier alpha value is -3.22. The van der Waals surface area contributed by atoms with Crippen molar-refractivity contribution in [3.05, 3.63) is 54.3 Å². The highest BCUT2D eigenvalue weighted by Crippen LogP contribution is 2.31. The number of aromatic nitrogens is 2. The van der Waals surface area contributed by atoms with E-state index in [1.807, 2.05) is 31.2 Å². The molecule has 0 saturated carbocycles. The normalized spacial score (nSPS) is 16.6. The average molecular weight is 394 g/mol. The van der Waals surface area contributed by atoms with Crippen LogP contribution < -0.4 is 15.0 Å². The van der Waals surface area contributed by atoms with Crippen LogP contribution in [0.25, 0.3) is 11.0 Å². The van der Waals surface area contributed by atoms with Gasteiger partial charge in [-0.25, -0.2) is 14.4 Å². The molecule has 150 valence electrons. The van der Waals surface area contributed by atoms with Gasteiger partial charge >= 0.3 is 0 Å². The molecule has 0 radical (unpaired) electrons. The van der Waals surface area contributed by atoms with Crippen LogP contribution in [0.3, 0.4) is 0 Å². The summed E-state index contributed by atoms with van der Waals surface area (Å²) in [4.78, 5) is 24.2. The number of nitrogens with zero attached hydrogens (tertiary/aromatic N) is 3. The minimum absolute atomic E-state index is 0.0759. The molecule has 0 unspecified atom stereocenters. The van der Waals surface area contributed by atoms with Crippen molar-refractivity contribution in [3.8, 4) is 5.88 Å². The van der Waals surface area contributed by atoms with E-state index in [-0.39, 0.29) is 17.6 Å². The molecular weight excluding hydrogens is 371 g/mol. The molecule has 1 aromatic heterocycles. The van der Waals surface area contributed by atoms with Crippen molar-refractivity contribution < 1.29 is 13.9 Å². The predicted octanol–water partition coefficient (Wildman–Crippen LogP) is 4.02. The summed E-state index contributed by atoms with van der Waals surface area (Å²) in [5.74, 6) is 0.561. The predicted molar refractivity (Wildman–Crippen MR) is 111 cm³/mol. The van der Waals surface area contributed by atoms with Crippen LogP contribution in [0.1, 0.15) is 19.8 Å². The van der Waals surface area contributed by atoms with Crippen LogP contribution >= 0.6 is 0 Å². The molecule has 2 aromatic carbocycles. The first-order chi connectivity index (χ1) is 14.1. The van der Waals surface area contributed by atoms with Gasteiger partial charge in [-0.15, -0.1) is 0 Å². The number of para-hydroxylation sites is 2. The zero-order chi connectivity index (χ0) is 20.2. The summed E-state index contributed by atoms with van der Waals surface area (Å²) in [6.45, 7) is 3.71. The van der Waals surface area contributed by atoms with Gasteiger partial charge in [-0.2, -0.15) is 0 Å². The van der Waals surface area contributed by atoms with Gasteiger partial charge < -0.3 is 15.0 Å². The highest BCUT2D eigenvalue weighted by Gasteiger charge is 2.29.